The van der Waals surface area contributed by atoms with Crippen molar-refractivity contribution in [3.05, 3.63) is 53.1 Å². The summed E-state index contributed by atoms with van der Waals surface area (Å²) in [5, 5.41) is 3.02. The fraction of sp³-hybridized carbons (Fsp3) is 0.381. The zero-order valence-corrected chi connectivity index (χ0v) is 14.9. The van der Waals surface area contributed by atoms with Crippen molar-refractivity contribution in [3.63, 3.8) is 0 Å². The second-order valence-electron chi connectivity index (χ2n) is 6.72. The van der Waals surface area contributed by atoms with E-state index in [4.69, 9.17) is 14.2 Å². The molecular formula is C21H23NO4. The number of amides is 1. The fourth-order valence-electron chi connectivity index (χ4n) is 3.79. The van der Waals surface area contributed by atoms with Crippen LogP contribution in [0.15, 0.2) is 36.4 Å². The zero-order chi connectivity index (χ0) is 17.9. The molecule has 136 valence electrons. The van der Waals surface area contributed by atoms with E-state index in [9.17, 15) is 4.79 Å². The molecule has 1 aliphatic carbocycles. The van der Waals surface area contributed by atoms with Gasteiger partial charge in [-0.15, -0.1) is 0 Å². The molecule has 0 unspecified atom stereocenters. The number of nitrogens with one attached hydrogen (secondary N) is 1. The van der Waals surface area contributed by atoms with Gasteiger partial charge in [-0.1, -0.05) is 24.3 Å². The Hall–Kier alpha value is -2.69. The first-order valence-corrected chi connectivity index (χ1v) is 9.05. The predicted molar refractivity (Wildman–Crippen MR) is 98.0 cm³/mol. The molecule has 0 radical (unpaired) electrons. The summed E-state index contributed by atoms with van der Waals surface area (Å²) in [6.07, 6.45) is 2.62. The van der Waals surface area contributed by atoms with Crippen LogP contribution in [0.4, 0.5) is 0 Å². The van der Waals surface area contributed by atoms with Crippen LogP contribution in [0.2, 0.25) is 0 Å². The topological polar surface area (TPSA) is 56.8 Å². The summed E-state index contributed by atoms with van der Waals surface area (Å²) in [7, 11) is 1.62. The minimum atomic E-state index is 0.0589. The molecule has 0 spiro atoms. The largest absolute Gasteiger partial charge is 0.496 e. The van der Waals surface area contributed by atoms with Gasteiger partial charge in [0.05, 0.1) is 7.11 Å². The van der Waals surface area contributed by atoms with Gasteiger partial charge in [0.25, 0.3) is 0 Å². The van der Waals surface area contributed by atoms with E-state index < -0.39 is 0 Å². The Bertz CT molecular complexity index is 818. The van der Waals surface area contributed by atoms with Gasteiger partial charge in [-0.05, 0) is 36.0 Å². The van der Waals surface area contributed by atoms with Gasteiger partial charge in [0.15, 0.2) is 11.5 Å². The van der Waals surface area contributed by atoms with Crippen molar-refractivity contribution < 1.29 is 19.0 Å². The van der Waals surface area contributed by atoms with Gasteiger partial charge in [-0.3, -0.25) is 4.79 Å². The van der Waals surface area contributed by atoms with E-state index in [-0.39, 0.29) is 5.91 Å². The normalized spacial score (nSPS) is 17.5. The molecule has 0 fully saturated rings. The lowest BCUT2D eigenvalue weighted by Gasteiger charge is -2.21. The number of hydrogen-bond donors (Lipinski definition) is 1. The Labute approximate surface area is 153 Å². The first-order chi connectivity index (χ1) is 12.7. The number of fused-ring (bicyclic) bond motifs is 2. The number of carbonyl (C=O) groups excluding carboxylic acids is 1. The lowest BCUT2D eigenvalue weighted by molar-refractivity contribution is -0.121. The molecule has 1 amide bonds. The minimum absolute atomic E-state index is 0.0589. The highest BCUT2D eigenvalue weighted by atomic mass is 16.6. The van der Waals surface area contributed by atoms with Gasteiger partial charge in [-0.25, -0.2) is 0 Å². The highest BCUT2D eigenvalue weighted by molar-refractivity contribution is 5.77. The van der Waals surface area contributed by atoms with E-state index in [0.29, 0.717) is 49.3 Å². The maximum atomic E-state index is 12.5. The Kier molecular flexibility index (Phi) is 4.69. The van der Waals surface area contributed by atoms with Gasteiger partial charge in [0.2, 0.25) is 5.91 Å². The Morgan fingerprint density at radius 1 is 1.19 bits per heavy atom. The molecule has 0 aromatic heterocycles. The molecule has 1 N–H and O–H groups in total. The summed E-state index contributed by atoms with van der Waals surface area (Å²) >= 11 is 0. The van der Waals surface area contributed by atoms with Crippen LogP contribution in [-0.4, -0.2) is 26.2 Å². The van der Waals surface area contributed by atoms with Gasteiger partial charge < -0.3 is 19.5 Å². The third-order valence-electron chi connectivity index (χ3n) is 5.11. The van der Waals surface area contributed by atoms with Crippen LogP contribution < -0.4 is 19.5 Å². The minimum Gasteiger partial charge on any atom is -0.496 e. The van der Waals surface area contributed by atoms with Crippen molar-refractivity contribution in [2.75, 3.05) is 20.3 Å². The second-order valence-corrected chi connectivity index (χ2v) is 6.72. The second kappa shape index (κ2) is 7.28. The predicted octanol–water partition coefficient (Wildman–Crippen LogP) is 3.20. The van der Waals surface area contributed by atoms with Crippen molar-refractivity contribution in [2.45, 2.75) is 31.7 Å². The molecule has 4 rings (SSSR count). The van der Waals surface area contributed by atoms with Crippen LogP contribution in [0.3, 0.4) is 0 Å². The number of carbonyl (C=O) groups is 1. The number of aryl methyl sites for hydroxylation is 1. The van der Waals surface area contributed by atoms with E-state index in [1.165, 1.54) is 11.1 Å². The summed E-state index contributed by atoms with van der Waals surface area (Å²) in [6.45, 7) is 1.48. The van der Waals surface area contributed by atoms with E-state index >= 15 is 0 Å². The number of hydrogen-bond acceptors (Lipinski definition) is 4. The smallest absolute Gasteiger partial charge is 0.220 e. The fourth-order valence-corrected chi connectivity index (χ4v) is 3.79. The summed E-state index contributed by atoms with van der Waals surface area (Å²) in [6, 6.07) is 12.1. The van der Waals surface area contributed by atoms with E-state index in [1.807, 2.05) is 12.1 Å². The lowest BCUT2D eigenvalue weighted by Crippen LogP contribution is -2.24. The summed E-state index contributed by atoms with van der Waals surface area (Å²) in [5.74, 6) is 2.45. The summed E-state index contributed by atoms with van der Waals surface area (Å²) in [4.78, 5) is 12.5. The number of benzene rings is 2. The first-order valence-electron chi connectivity index (χ1n) is 9.05. The molecule has 0 saturated heterocycles. The monoisotopic (exact) mass is 353 g/mol. The molecule has 1 atom stereocenters. The standard InChI is InChI=1S/C21H23NO4/c1-24-18-12-20-19(25-8-9-26-20)10-16(18)13-22-21(23)11-15-7-6-14-4-2-3-5-17(14)15/h2-5,10,12,15H,6-9,11,13H2,1H3,(H,22,23)/t15-/m0/s1. The highest BCUT2D eigenvalue weighted by Crippen LogP contribution is 2.37. The molecule has 5 nitrogen and oxygen atoms in total. The van der Waals surface area contributed by atoms with E-state index in [0.717, 1.165) is 18.4 Å². The quantitative estimate of drug-likeness (QED) is 0.897. The van der Waals surface area contributed by atoms with Crippen molar-refractivity contribution in [3.8, 4) is 17.2 Å². The van der Waals surface area contributed by atoms with Crippen molar-refractivity contribution >= 4 is 5.91 Å². The van der Waals surface area contributed by atoms with Gasteiger partial charge in [0, 0.05) is 24.6 Å². The Morgan fingerprint density at radius 3 is 2.77 bits per heavy atom. The molecular weight excluding hydrogens is 330 g/mol. The van der Waals surface area contributed by atoms with Crippen LogP contribution in [0.5, 0.6) is 17.2 Å². The van der Waals surface area contributed by atoms with Crippen LogP contribution >= 0.6 is 0 Å². The van der Waals surface area contributed by atoms with Crippen molar-refractivity contribution in [2.24, 2.45) is 0 Å². The number of ether oxygens (including phenoxy) is 3. The van der Waals surface area contributed by atoms with Crippen LogP contribution in [0.25, 0.3) is 0 Å². The van der Waals surface area contributed by atoms with E-state index in [1.54, 1.807) is 7.11 Å². The number of methoxy groups -OCH3 is 1. The summed E-state index contributed by atoms with van der Waals surface area (Å²) in [5.41, 5.74) is 3.58. The maximum absolute atomic E-state index is 12.5. The average Bonchev–Trinajstić information content (AvgIpc) is 3.08. The maximum Gasteiger partial charge on any atom is 0.220 e. The lowest BCUT2D eigenvalue weighted by atomic mass is 9.97. The molecule has 2 aliphatic rings. The third kappa shape index (κ3) is 3.34. The Morgan fingerprint density at radius 2 is 1.96 bits per heavy atom. The SMILES string of the molecule is COc1cc2c(cc1CNC(=O)C[C@@H]1CCc3ccccc31)OCCO2. The van der Waals surface area contributed by atoms with Gasteiger partial charge in [0.1, 0.15) is 19.0 Å². The van der Waals surface area contributed by atoms with Crippen molar-refractivity contribution in [1.82, 2.24) is 5.32 Å². The van der Waals surface area contributed by atoms with Crippen LogP contribution in [0.1, 0.15) is 35.4 Å². The van der Waals surface area contributed by atoms with Gasteiger partial charge >= 0.3 is 0 Å². The van der Waals surface area contributed by atoms with Crippen LogP contribution in [-0.2, 0) is 17.8 Å². The van der Waals surface area contributed by atoms with Crippen LogP contribution in [0, 0.1) is 0 Å². The third-order valence-corrected chi connectivity index (χ3v) is 5.11. The molecule has 0 bridgehead atoms. The Balaban J connectivity index is 1.40. The first kappa shape index (κ1) is 16.8. The van der Waals surface area contributed by atoms with Crippen molar-refractivity contribution in [1.29, 1.82) is 0 Å². The molecule has 5 heteroatoms. The highest BCUT2D eigenvalue weighted by Gasteiger charge is 2.24. The summed E-state index contributed by atoms with van der Waals surface area (Å²) < 4.78 is 16.6. The molecule has 1 aliphatic heterocycles. The van der Waals surface area contributed by atoms with E-state index in [2.05, 4.69) is 29.6 Å². The molecule has 2 aromatic carbocycles. The average molecular weight is 353 g/mol. The van der Waals surface area contributed by atoms with Gasteiger partial charge in [-0.2, -0.15) is 0 Å². The molecule has 26 heavy (non-hydrogen) atoms. The molecule has 0 saturated carbocycles. The number of rotatable bonds is 5. The molecule has 2 aromatic rings. The zero-order valence-electron chi connectivity index (χ0n) is 14.9. The molecule has 1 heterocycles.